The summed E-state index contributed by atoms with van der Waals surface area (Å²) in [6.07, 6.45) is 9.10. The Kier molecular flexibility index (Phi) is 6.80. The highest BCUT2D eigenvalue weighted by Gasteiger charge is 2.36. The number of carbonyl (C=O) groups excluding carboxylic acids is 1. The third kappa shape index (κ3) is 5.21. The minimum Gasteiger partial charge on any atom is -0.497 e. The van der Waals surface area contributed by atoms with Crippen LogP contribution in [0.1, 0.15) is 43.2 Å². The van der Waals surface area contributed by atoms with Crippen LogP contribution in [0.25, 0.3) is 0 Å². The molecule has 1 fully saturated rings. The van der Waals surface area contributed by atoms with E-state index >= 15 is 0 Å². The standard InChI is InChI=1S/C24H35N5O2/c1-27(2)13-14-28-12-11-23(26-28)25-24(30)29-17-20-15-21(31-3)10-9-19(20)16-22(29)18-7-5-4-6-8-18/h9-12,15,18,22H,4-8,13-14,16-17H2,1-3H3,(H,25,26,30)/t22-/m0/s1. The van der Waals surface area contributed by atoms with Crippen molar-refractivity contribution in [3.05, 3.63) is 41.6 Å². The van der Waals surface area contributed by atoms with Gasteiger partial charge in [0, 0.05) is 31.4 Å². The zero-order valence-electron chi connectivity index (χ0n) is 19.0. The molecule has 0 spiro atoms. The fraction of sp³-hybridized carbons (Fsp3) is 0.583. The summed E-state index contributed by atoms with van der Waals surface area (Å²) in [4.78, 5) is 17.5. The highest BCUT2D eigenvalue weighted by molar-refractivity contribution is 5.88. The monoisotopic (exact) mass is 425 g/mol. The number of hydrogen-bond acceptors (Lipinski definition) is 4. The predicted octanol–water partition coefficient (Wildman–Crippen LogP) is 3.99. The molecule has 0 unspecified atom stereocenters. The van der Waals surface area contributed by atoms with Crippen LogP contribution in [-0.2, 0) is 19.5 Å². The summed E-state index contributed by atoms with van der Waals surface area (Å²) < 4.78 is 7.30. The Hall–Kier alpha value is -2.54. The molecule has 1 atom stereocenters. The van der Waals surface area contributed by atoms with E-state index in [0.29, 0.717) is 18.3 Å². The number of aromatic nitrogens is 2. The summed E-state index contributed by atoms with van der Waals surface area (Å²) in [5.74, 6) is 2.02. The number of urea groups is 1. The summed E-state index contributed by atoms with van der Waals surface area (Å²) in [5, 5.41) is 7.60. The highest BCUT2D eigenvalue weighted by atomic mass is 16.5. The second kappa shape index (κ2) is 9.73. The molecule has 2 aliphatic rings. The molecule has 7 heteroatoms. The van der Waals surface area contributed by atoms with Crippen molar-refractivity contribution in [2.24, 2.45) is 5.92 Å². The largest absolute Gasteiger partial charge is 0.497 e. The van der Waals surface area contributed by atoms with Gasteiger partial charge in [0.15, 0.2) is 5.82 Å². The van der Waals surface area contributed by atoms with E-state index in [1.165, 1.54) is 43.2 Å². The first-order valence-corrected chi connectivity index (χ1v) is 11.4. The number of amides is 2. The lowest BCUT2D eigenvalue weighted by molar-refractivity contribution is 0.125. The zero-order chi connectivity index (χ0) is 21.8. The van der Waals surface area contributed by atoms with Gasteiger partial charge in [-0.15, -0.1) is 0 Å². The van der Waals surface area contributed by atoms with Crippen molar-refractivity contribution >= 4 is 11.8 Å². The SMILES string of the molecule is COc1ccc2c(c1)CN(C(=O)Nc1ccn(CCN(C)C)n1)[C@H](C1CCCCC1)C2. The minimum absolute atomic E-state index is 0.0538. The summed E-state index contributed by atoms with van der Waals surface area (Å²) in [7, 11) is 5.77. The van der Waals surface area contributed by atoms with Crippen molar-refractivity contribution in [3.8, 4) is 5.75 Å². The van der Waals surface area contributed by atoms with Gasteiger partial charge in [-0.3, -0.25) is 10.00 Å². The van der Waals surface area contributed by atoms with E-state index in [2.05, 4.69) is 27.4 Å². The number of methoxy groups -OCH3 is 1. The molecule has 1 aliphatic heterocycles. The van der Waals surface area contributed by atoms with Crippen LogP contribution in [0.3, 0.4) is 0 Å². The van der Waals surface area contributed by atoms with Gasteiger partial charge in [-0.1, -0.05) is 25.3 Å². The first kappa shape index (κ1) is 21.7. The van der Waals surface area contributed by atoms with Gasteiger partial charge in [-0.05, 0) is 62.5 Å². The van der Waals surface area contributed by atoms with E-state index in [0.717, 1.165) is 25.3 Å². The van der Waals surface area contributed by atoms with E-state index < -0.39 is 0 Å². The van der Waals surface area contributed by atoms with Crippen LogP contribution < -0.4 is 10.1 Å². The summed E-state index contributed by atoms with van der Waals surface area (Å²) >= 11 is 0. The van der Waals surface area contributed by atoms with Crippen LogP contribution >= 0.6 is 0 Å². The van der Waals surface area contributed by atoms with Gasteiger partial charge in [0.1, 0.15) is 5.75 Å². The number of likely N-dealkylation sites (N-methyl/N-ethyl adjacent to an activating group) is 1. The second-order valence-electron chi connectivity index (χ2n) is 9.13. The lowest BCUT2D eigenvalue weighted by Crippen LogP contribution is -2.50. The fourth-order valence-electron chi connectivity index (χ4n) is 4.91. The Morgan fingerprint density at radius 3 is 2.74 bits per heavy atom. The third-order valence-electron chi connectivity index (χ3n) is 6.69. The van der Waals surface area contributed by atoms with E-state index in [1.54, 1.807) is 7.11 Å². The van der Waals surface area contributed by atoms with Crippen molar-refractivity contribution in [1.82, 2.24) is 19.6 Å². The lowest BCUT2D eigenvalue weighted by atomic mass is 9.78. The number of rotatable bonds is 6. The molecular formula is C24H35N5O2. The molecule has 0 saturated heterocycles. The number of anilines is 1. The first-order chi connectivity index (χ1) is 15.0. The Balaban J connectivity index is 1.51. The van der Waals surface area contributed by atoms with E-state index in [9.17, 15) is 4.79 Å². The summed E-state index contributed by atoms with van der Waals surface area (Å²) in [6.45, 7) is 2.31. The molecule has 1 aliphatic carbocycles. The highest BCUT2D eigenvalue weighted by Crippen LogP contribution is 2.36. The van der Waals surface area contributed by atoms with Gasteiger partial charge in [-0.25, -0.2) is 4.79 Å². The zero-order valence-corrected chi connectivity index (χ0v) is 19.0. The van der Waals surface area contributed by atoms with Crippen LogP contribution in [0.15, 0.2) is 30.5 Å². The Morgan fingerprint density at radius 1 is 1.19 bits per heavy atom. The Bertz CT molecular complexity index is 888. The maximum atomic E-state index is 13.4. The average molecular weight is 426 g/mol. The number of nitrogens with one attached hydrogen (secondary N) is 1. The van der Waals surface area contributed by atoms with Crippen molar-refractivity contribution in [3.63, 3.8) is 0 Å². The number of ether oxygens (including phenoxy) is 1. The quantitative estimate of drug-likeness (QED) is 0.760. The number of hydrogen-bond donors (Lipinski definition) is 1. The molecular weight excluding hydrogens is 390 g/mol. The maximum absolute atomic E-state index is 13.4. The molecule has 168 valence electrons. The molecule has 0 radical (unpaired) electrons. The van der Waals surface area contributed by atoms with Gasteiger partial charge in [0.05, 0.1) is 13.7 Å². The smallest absolute Gasteiger partial charge is 0.323 e. The van der Waals surface area contributed by atoms with E-state index in [-0.39, 0.29) is 12.1 Å². The molecule has 1 N–H and O–H groups in total. The number of carbonyl (C=O) groups is 1. The molecule has 0 bridgehead atoms. The molecule has 1 aromatic heterocycles. The molecule has 1 aromatic carbocycles. The average Bonchev–Trinajstić information content (AvgIpc) is 3.24. The predicted molar refractivity (Wildman–Crippen MR) is 122 cm³/mol. The number of benzene rings is 1. The van der Waals surface area contributed by atoms with Crippen LogP contribution in [0.5, 0.6) is 5.75 Å². The van der Waals surface area contributed by atoms with Crippen molar-refractivity contribution in [1.29, 1.82) is 0 Å². The van der Waals surface area contributed by atoms with Crippen LogP contribution in [0.2, 0.25) is 0 Å². The minimum atomic E-state index is -0.0538. The van der Waals surface area contributed by atoms with Gasteiger partial charge in [-0.2, -0.15) is 5.10 Å². The van der Waals surface area contributed by atoms with Crippen LogP contribution in [0.4, 0.5) is 10.6 Å². The molecule has 1 saturated carbocycles. The van der Waals surface area contributed by atoms with Gasteiger partial charge in [0.25, 0.3) is 0 Å². The first-order valence-electron chi connectivity index (χ1n) is 11.4. The Morgan fingerprint density at radius 2 is 2.00 bits per heavy atom. The second-order valence-corrected chi connectivity index (χ2v) is 9.13. The van der Waals surface area contributed by atoms with E-state index in [1.807, 2.05) is 42.0 Å². The number of fused-ring (bicyclic) bond motifs is 1. The normalized spacial score (nSPS) is 19.4. The molecule has 31 heavy (non-hydrogen) atoms. The van der Waals surface area contributed by atoms with Gasteiger partial charge < -0.3 is 14.5 Å². The Labute approximate surface area is 185 Å². The topological polar surface area (TPSA) is 62.6 Å². The lowest BCUT2D eigenvalue weighted by Gasteiger charge is -2.42. The van der Waals surface area contributed by atoms with Crippen molar-refractivity contribution in [2.75, 3.05) is 33.1 Å². The molecule has 2 heterocycles. The van der Waals surface area contributed by atoms with Crippen molar-refractivity contribution < 1.29 is 9.53 Å². The molecule has 2 amide bonds. The fourth-order valence-corrected chi connectivity index (χ4v) is 4.91. The van der Waals surface area contributed by atoms with Gasteiger partial charge >= 0.3 is 6.03 Å². The maximum Gasteiger partial charge on any atom is 0.323 e. The summed E-state index contributed by atoms with van der Waals surface area (Å²) in [6, 6.07) is 8.34. The van der Waals surface area contributed by atoms with Gasteiger partial charge in [0.2, 0.25) is 0 Å². The molecule has 7 nitrogen and oxygen atoms in total. The third-order valence-corrected chi connectivity index (χ3v) is 6.69. The van der Waals surface area contributed by atoms with E-state index in [4.69, 9.17) is 4.74 Å². The molecule has 4 rings (SSSR count). The van der Waals surface area contributed by atoms with Crippen molar-refractivity contribution in [2.45, 2.75) is 57.7 Å². The van der Waals surface area contributed by atoms with Crippen LogP contribution in [-0.4, -0.2) is 59.4 Å². The number of nitrogens with zero attached hydrogens (tertiary/aromatic N) is 4. The summed E-state index contributed by atoms with van der Waals surface area (Å²) in [5.41, 5.74) is 2.52. The van der Waals surface area contributed by atoms with Crippen LogP contribution in [0, 0.1) is 5.92 Å². The molecule has 2 aromatic rings.